The predicted molar refractivity (Wildman–Crippen MR) is 118 cm³/mol. The summed E-state index contributed by atoms with van der Waals surface area (Å²) in [5.41, 5.74) is 4.02. The van der Waals surface area contributed by atoms with Gasteiger partial charge in [-0.05, 0) is 79.4 Å². The molecule has 0 aliphatic carbocycles. The molecule has 6 heteroatoms. The number of benzene rings is 2. The lowest BCUT2D eigenvalue weighted by atomic mass is 9.97. The third kappa shape index (κ3) is 2.91. The van der Waals surface area contributed by atoms with E-state index >= 15 is 0 Å². The molecule has 1 aliphatic heterocycles. The number of phenolic OH excluding ortho intramolecular Hbond substituents is 1. The van der Waals surface area contributed by atoms with E-state index < -0.39 is 11.9 Å². The van der Waals surface area contributed by atoms with Crippen LogP contribution in [0.5, 0.6) is 5.75 Å². The molecule has 5 rings (SSSR count). The normalized spacial score (nSPS) is 15.5. The molecular formula is C25H20N2O4. The number of aromatic hydroxyl groups is 1. The highest BCUT2D eigenvalue weighted by atomic mass is 16.3. The van der Waals surface area contributed by atoms with Gasteiger partial charge < -0.3 is 9.52 Å². The van der Waals surface area contributed by atoms with Crippen molar-refractivity contribution in [3.05, 3.63) is 98.5 Å². The van der Waals surface area contributed by atoms with Crippen LogP contribution in [0.4, 0.5) is 5.82 Å². The molecule has 1 amide bonds. The van der Waals surface area contributed by atoms with Gasteiger partial charge in [0.1, 0.15) is 17.2 Å². The highest BCUT2D eigenvalue weighted by Gasteiger charge is 2.44. The number of carbonyl (C=O) groups is 1. The second-order valence-corrected chi connectivity index (χ2v) is 7.97. The van der Waals surface area contributed by atoms with Crippen LogP contribution in [0.15, 0.2) is 63.9 Å². The van der Waals surface area contributed by atoms with Gasteiger partial charge in [0.25, 0.3) is 5.91 Å². The van der Waals surface area contributed by atoms with Gasteiger partial charge in [-0.3, -0.25) is 14.5 Å². The van der Waals surface area contributed by atoms with E-state index in [9.17, 15) is 14.7 Å². The molecule has 6 nitrogen and oxygen atoms in total. The molecule has 2 aromatic carbocycles. The molecule has 0 unspecified atom stereocenters. The molecular weight excluding hydrogens is 392 g/mol. The van der Waals surface area contributed by atoms with Gasteiger partial charge >= 0.3 is 0 Å². The summed E-state index contributed by atoms with van der Waals surface area (Å²) in [6, 6.07) is 13.0. The van der Waals surface area contributed by atoms with Gasteiger partial charge in [-0.2, -0.15) is 0 Å². The van der Waals surface area contributed by atoms with E-state index in [0.717, 1.165) is 16.7 Å². The van der Waals surface area contributed by atoms with Gasteiger partial charge in [0, 0.05) is 6.20 Å². The van der Waals surface area contributed by atoms with E-state index in [1.807, 2.05) is 32.9 Å². The zero-order valence-corrected chi connectivity index (χ0v) is 17.3. The third-order valence-corrected chi connectivity index (χ3v) is 5.84. The largest absolute Gasteiger partial charge is 0.508 e. The second kappa shape index (κ2) is 6.80. The Labute approximate surface area is 178 Å². The van der Waals surface area contributed by atoms with Crippen molar-refractivity contribution in [3.63, 3.8) is 0 Å². The molecule has 0 fully saturated rings. The van der Waals surface area contributed by atoms with Crippen molar-refractivity contribution in [2.24, 2.45) is 0 Å². The summed E-state index contributed by atoms with van der Waals surface area (Å²) in [5.74, 6) is 0.154. The minimum absolute atomic E-state index is 0.0298. The lowest BCUT2D eigenvalue weighted by Crippen LogP contribution is -2.30. The number of hydrogen-bond acceptors (Lipinski definition) is 5. The standard InChI is InChI=1S/C25H20N2O4/c1-13-8-9-26-20(10-13)27-22(16-4-6-17(28)7-5-16)21-23(29)18-11-14(2)15(3)12-19(18)31-24(21)25(27)30/h4-12,22,28H,1-3H3/t22-/m1/s1. The molecule has 3 heterocycles. The van der Waals surface area contributed by atoms with Crippen LogP contribution in [-0.4, -0.2) is 16.0 Å². The Bertz CT molecular complexity index is 1420. The van der Waals surface area contributed by atoms with Crippen LogP contribution < -0.4 is 10.3 Å². The van der Waals surface area contributed by atoms with Crippen LogP contribution >= 0.6 is 0 Å². The Kier molecular flexibility index (Phi) is 4.18. The maximum atomic E-state index is 13.6. The average Bonchev–Trinajstić information content (AvgIpc) is 3.03. The maximum absolute atomic E-state index is 13.6. The lowest BCUT2D eigenvalue weighted by Gasteiger charge is -2.24. The fraction of sp³-hybridized carbons (Fsp3) is 0.160. The summed E-state index contributed by atoms with van der Waals surface area (Å²) in [6.07, 6.45) is 1.63. The van der Waals surface area contributed by atoms with Crippen molar-refractivity contribution in [2.45, 2.75) is 26.8 Å². The van der Waals surface area contributed by atoms with Crippen LogP contribution in [0.1, 0.15) is 44.4 Å². The number of amides is 1. The number of carbonyl (C=O) groups excluding carboxylic acids is 1. The molecule has 4 aromatic rings. The molecule has 1 atom stereocenters. The van der Waals surface area contributed by atoms with Gasteiger partial charge in [-0.15, -0.1) is 0 Å². The average molecular weight is 412 g/mol. The zero-order valence-electron chi connectivity index (χ0n) is 17.3. The number of rotatable bonds is 2. The molecule has 154 valence electrons. The SMILES string of the molecule is Cc1ccnc(N2C(=O)c3oc4cc(C)c(C)cc4c(=O)c3[C@H]2c2ccc(O)cc2)c1. The molecule has 0 saturated heterocycles. The van der Waals surface area contributed by atoms with Crippen molar-refractivity contribution < 1.29 is 14.3 Å². The van der Waals surface area contributed by atoms with Gasteiger partial charge in [-0.25, -0.2) is 4.98 Å². The van der Waals surface area contributed by atoms with E-state index in [1.165, 1.54) is 17.0 Å². The fourth-order valence-corrected chi connectivity index (χ4v) is 4.09. The summed E-state index contributed by atoms with van der Waals surface area (Å²) in [7, 11) is 0. The van der Waals surface area contributed by atoms with Crippen molar-refractivity contribution in [2.75, 3.05) is 4.90 Å². The zero-order chi connectivity index (χ0) is 21.9. The molecule has 31 heavy (non-hydrogen) atoms. The van der Waals surface area contributed by atoms with Gasteiger partial charge in [0.05, 0.1) is 17.0 Å². The number of nitrogens with zero attached hydrogens (tertiary/aromatic N) is 2. The number of fused-ring (bicyclic) bond motifs is 2. The van der Waals surface area contributed by atoms with Crippen molar-refractivity contribution >= 4 is 22.7 Å². The Hall–Kier alpha value is -3.93. The molecule has 2 aromatic heterocycles. The van der Waals surface area contributed by atoms with Gasteiger partial charge in [0.15, 0.2) is 5.43 Å². The number of aryl methyl sites for hydroxylation is 3. The minimum atomic E-state index is -0.709. The van der Waals surface area contributed by atoms with E-state index in [4.69, 9.17) is 4.42 Å². The number of hydrogen-bond donors (Lipinski definition) is 1. The van der Waals surface area contributed by atoms with Crippen LogP contribution in [0.3, 0.4) is 0 Å². The first-order valence-corrected chi connectivity index (χ1v) is 9.98. The second-order valence-electron chi connectivity index (χ2n) is 7.97. The topological polar surface area (TPSA) is 83.6 Å². The number of pyridine rings is 1. The molecule has 0 radical (unpaired) electrons. The minimum Gasteiger partial charge on any atom is -0.508 e. The quantitative estimate of drug-likeness (QED) is 0.521. The van der Waals surface area contributed by atoms with Gasteiger partial charge in [-0.1, -0.05) is 12.1 Å². The predicted octanol–water partition coefficient (Wildman–Crippen LogP) is 4.57. The Morgan fingerprint density at radius 3 is 2.39 bits per heavy atom. The van der Waals surface area contributed by atoms with E-state index in [-0.39, 0.29) is 22.5 Å². The first-order valence-electron chi connectivity index (χ1n) is 9.98. The van der Waals surface area contributed by atoms with Gasteiger partial charge in [0.2, 0.25) is 5.76 Å². The summed E-state index contributed by atoms with van der Waals surface area (Å²) < 4.78 is 6.02. The fourth-order valence-electron chi connectivity index (χ4n) is 4.09. The summed E-state index contributed by atoms with van der Waals surface area (Å²) in [4.78, 5) is 33.0. The van der Waals surface area contributed by atoms with Crippen molar-refractivity contribution in [3.8, 4) is 5.75 Å². The van der Waals surface area contributed by atoms with Crippen LogP contribution in [0.25, 0.3) is 11.0 Å². The highest BCUT2D eigenvalue weighted by Crippen LogP contribution is 2.41. The smallest absolute Gasteiger partial charge is 0.296 e. The van der Waals surface area contributed by atoms with Crippen LogP contribution in [0.2, 0.25) is 0 Å². The van der Waals surface area contributed by atoms with E-state index in [1.54, 1.807) is 30.5 Å². The van der Waals surface area contributed by atoms with Crippen LogP contribution in [-0.2, 0) is 0 Å². The van der Waals surface area contributed by atoms with E-state index in [0.29, 0.717) is 22.4 Å². The van der Waals surface area contributed by atoms with E-state index in [2.05, 4.69) is 4.98 Å². The van der Waals surface area contributed by atoms with Crippen LogP contribution in [0, 0.1) is 20.8 Å². The third-order valence-electron chi connectivity index (χ3n) is 5.84. The molecule has 0 bridgehead atoms. The number of phenols is 1. The Morgan fingerprint density at radius 2 is 1.68 bits per heavy atom. The number of aromatic nitrogens is 1. The Balaban J connectivity index is 1.83. The number of anilines is 1. The summed E-state index contributed by atoms with van der Waals surface area (Å²) >= 11 is 0. The summed E-state index contributed by atoms with van der Waals surface area (Å²) in [6.45, 7) is 5.79. The highest BCUT2D eigenvalue weighted by molar-refractivity contribution is 6.10. The first kappa shape index (κ1) is 19.1. The molecule has 1 aliphatic rings. The summed E-state index contributed by atoms with van der Waals surface area (Å²) in [5, 5.41) is 10.2. The van der Waals surface area contributed by atoms with Crippen molar-refractivity contribution in [1.82, 2.24) is 4.98 Å². The molecule has 0 saturated carbocycles. The Morgan fingerprint density at radius 1 is 0.968 bits per heavy atom. The molecule has 0 spiro atoms. The monoisotopic (exact) mass is 412 g/mol. The first-order chi connectivity index (χ1) is 14.8. The van der Waals surface area contributed by atoms with Crippen molar-refractivity contribution in [1.29, 1.82) is 0 Å². The molecule has 1 N–H and O–H groups in total. The maximum Gasteiger partial charge on any atom is 0.296 e. The lowest BCUT2D eigenvalue weighted by molar-refractivity contribution is 0.0970.